The molecule has 0 aliphatic rings. The van der Waals surface area contributed by atoms with E-state index in [9.17, 15) is 9.59 Å². The van der Waals surface area contributed by atoms with Crippen LogP contribution in [-0.2, 0) is 4.79 Å². The molecule has 16 heavy (non-hydrogen) atoms. The summed E-state index contributed by atoms with van der Waals surface area (Å²) < 4.78 is 0. The van der Waals surface area contributed by atoms with Gasteiger partial charge in [-0.25, -0.2) is 4.79 Å². The molecule has 0 unspecified atom stereocenters. The second-order valence-electron chi connectivity index (χ2n) is 3.36. The predicted molar refractivity (Wildman–Crippen MR) is 60.4 cm³/mol. The summed E-state index contributed by atoms with van der Waals surface area (Å²) in [4.78, 5) is 23.8. The largest absolute Gasteiger partial charge is 0.478 e. The van der Waals surface area contributed by atoms with Crippen molar-refractivity contribution in [3.8, 4) is 0 Å². The van der Waals surface area contributed by atoms with Gasteiger partial charge in [-0.3, -0.25) is 4.79 Å². The van der Waals surface area contributed by atoms with Crippen LogP contribution in [0.15, 0.2) is 30.3 Å². The lowest BCUT2D eigenvalue weighted by molar-refractivity contribution is -0.131. The molecule has 80 valence electrons. The van der Waals surface area contributed by atoms with E-state index in [1.54, 1.807) is 12.1 Å². The maximum atomic E-state index is 10.6. The highest BCUT2D eigenvalue weighted by molar-refractivity contribution is 5.90. The highest BCUT2D eigenvalue weighted by Gasteiger charge is 1.99. The molecule has 2 aromatic rings. The van der Waals surface area contributed by atoms with Crippen molar-refractivity contribution in [2.24, 2.45) is 0 Å². The van der Waals surface area contributed by atoms with Crippen LogP contribution in [0.4, 0.5) is 0 Å². The van der Waals surface area contributed by atoms with Crippen molar-refractivity contribution >= 4 is 29.2 Å². The number of carboxylic acids is 1. The van der Waals surface area contributed by atoms with Gasteiger partial charge in [0.1, 0.15) is 0 Å². The lowest BCUT2D eigenvalue weighted by Gasteiger charge is -1.93. The number of nitrogens with one attached hydrogen (secondary N) is 1. The molecule has 0 aliphatic carbocycles. The second-order valence-corrected chi connectivity index (χ2v) is 3.36. The van der Waals surface area contributed by atoms with Crippen LogP contribution >= 0.6 is 0 Å². The van der Waals surface area contributed by atoms with E-state index < -0.39 is 5.97 Å². The van der Waals surface area contributed by atoms with Gasteiger partial charge in [0.05, 0.1) is 5.69 Å². The average molecular weight is 215 g/mol. The van der Waals surface area contributed by atoms with E-state index in [4.69, 9.17) is 5.11 Å². The number of H-pyrrole nitrogens is 1. The third-order valence-electron chi connectivity index (χ3n) is 2.21. The van der Waals surface area contributed by atoms with Gasteiger partial charge < -0.3 is 10.1 Å². The Morgan fingerprint density at radius 2 is 2.12 bits per heavy atom. The Morgan fingerprint density at radius 3 is 2.81 bits per heavy atom. The second kappa shape index (κ2) is 4.02. The number of hydrogen-bond donors (Lipinski definition) is 2. The maximum absolute atomic E-state index is 10.6. The molecule has 1 aromatic carbocycles. The minimum Gasteiger partial charge on any atom is -0.478 e. The van der Waals surface area contributed by atoms with Gasteiger partial charge in [-0.2, -0.15) is 0 Å². The molecule has 2 rings (SSSR count). The van der Waals surface area contributed by atoms with E-state index in [0.29, 0.717) is 5.69 Å². The third kappa shape index (κ3) is 2.00. The van der Waals surface area contributed by atoms with Crippen LogP contribution in [-0.4, -0.2) is 22.3 Å². The van der Waals surface area contributed by atoms with E-state index in [2.05, 4.69) is 4.98 Å². The zero-order valence-electron chi connectivity index (χ0n) is 8.31. The lowest BCUT2D eigenvalue weighted by atomic mass is 10.1. The number of aromatic nitrogens is 1. The summed E-state index contributed by atoms with van der Waals surface area (Å²) in [5.41, 5.74) is 2.15. The van der Waals surface area contributed by atoms with Gasteiger partial charge in [-0.05, 0) is 29.8 Å². The number of hydrogen-bond acceptors (Lipinski definition) is 2. The summed E-state index contributed by atoms with van der Waals surface area (Å²) in [7, 11) is 0. The number of carbonyl (C=O) groups is 2. The van der Waals surface area contributed by atoms with Gasteiger partial charge in [0.2, 0.25) is 0 Å². The molecule has 0 fully saturated rings. The molecule has 0 saturated heterocycles. The van der Waals surface area contributed by atoms with Crippen LogP contribution in [0.3, 0.4) is 0 Å². The fraction of sp³-hybridized carbons (Fsp3) is 0. The fourth-order valence-corrected chi connectivity index (χ4v) is 1.51. The maximum Gasteiger partial charge on any atom is 0.328 e. The summed E-state index contributed by atoms with van der Waals surface area (Å²) in [6.07, 6.45) is 3.33. The van der Waals surface area contributed by atoms with E-state index >= 15 is 0 Å². The minimum absolute atomic E-state index is 0.509. The summed E-state index contributed by atoms with van der Waals surface area (Å²) in [6.45, 7) is 0. The molecule has 1 heterocycles. The Hall–Kier alpha value is -2.36. The summed E-state index contributed by atoms with van der Waals surface area (Å²) in [5, 5.41) is 9.37. The molecule has 0 spiro atoms. The van der Waals surface area contributed by atoms with Gasteiger partial charge in [0.25, 0.3) is 0 Å². The first-order chi connectivity index (χ1) is 7.69. The minimum atomic E-state index is -0.984. The standard InChI is InChI=1S/C12H9NO3/c14-7-10-6-9-5-8(2-4-12(15)16)1-3-11(9)13-10/h1-7,13H,(H,15,16)/b4-2+. The Labute approximate surface area is 91.2 Å². The van der Waals surface area contributed by atoms with Crippen LogP contribution in [0.2, 0.25) is 0 Å². The van der Waals surface area contributed by atoms with Gasteiger partial charge in [0.15, 0.2) is 6.29 Å². The van der Waals surface area contributed by atoms with Crippen LogP contribution in [0.25, 0.3) is 17.0 Å². The number of fused-ring (bicyclic) bond motifs is 1. The summed E-state index contributed by atoms with van der Waals surface area (Å²) in [5.74, 6) is -0.984. The SMILES string of the molecule is O=Cc1cc2cc(/C=C/C(=O)O)ccc2[nH]1. The van der Waals surface area contributed by atoms with E-state index in [-0.39, 0.29) is 0 Å². The van der Waals surface area contributed by atoms with Crippen molar-refractivity contribution in [2.45, 2.75) is 0 Å². The highest BCUT2D eigenvalue weighted by atomic mass is 16.4. The Balaban J connectivity index is 2.43. The first-order valence-corrected chi connectivity index (χ1v) is 4.68. The number of benzene rings is 1. The quantitative estimate of drug-likeness (QED) is 0.608. The summed E-state index contributed by atoms with van der Waals surface area (Å²) in [6, 6.07) is 7.13. The number of aromatic amines is 1. The number of rotatable bonds is 3. The molecule has 4 heteroatoms. The predicted octanol–water partition coefficient (Wildman–Crippen LogP) is 2.08. The number of aldehydes is 1. The molecule has 0 radical (unpaired) electrons. The smallest absolute Gasteiger partial charge is 0.328 e. The monoisotopic (exact) mass is 215 g/mol. The molecule has 1 aromatic heterocycles. The van der Waals surface area contributed by atoms with Crippen LogP contribution in [0, 0.1) is 0 Å². The first-order valence-electron chi connectivity index (χ1n) is 4.68. The zero-order chi connectivity index (χ0) is 11.5. The molecule has 4 nitrogen and oxygen atoms in total. The molecule has 0 aliphatic heterocycles. The number of carbonyl (C=O) groups excluding carboxylic acids is 1. The first kappa shape index (κ1) is 10.2. The fourth-order valence-electron chi connectivity index (χ4n) is 1.51. The van der Waals surface area contributed by atoms with Gasteiger partial charge >= 0.3 is 5.97 Å². The number of carboxylic acid groups (broad SMARTS) is 1. The molecule has 0 bridgehead atoms. The lowest BCUT2D eigenvalue weighted by Crippen LogP contribution is -1.85. The van der Waals surface area contributed by atoms with Crippen molar-refractivity contribution in [1.82, 2.24) is 4.98 Å². The van der Waals surface area contributed by atoms with Crippen molar-refractivity contribution in [3.05, 3.63) is 41.6 Å². The van der Waals surface area contributed by atoms with Crippen molar-refractivity contribution < 1.29 is 14.7 Å². The molecule has 2 N–H and O–H groups in total. The molecular formula is C12H9NO3. The van der Waals surface area contributed by atoms with E-state index in [1.165, 1.54) is 6.08 Å². The van der Waals surface area contributed by atoms with Gasteiger partial charge in [0, 0.05) is 17.0 Å². The molecule has 0 saturated carbocycles. The molecular weight excluding hydrogens is 206 g/mol. The topological polar surface area (TPSA) is 70.2 Å². The average Bonchev–Trinajstić information content (AvgIpc) is 2.68. The highest BCUT2D eigenvalue weighted by Crippen LogP contribution is 2.17. The summed E-state index contributed by atoms with van der Waals surface area (Å²) >= 11 is 0. The van der Waals surface area contributed by atoms with E-state index in [1.807, 2.05) is 12.1 Å². The number of aliphatic carboxylic acids is 1. The van der Waals surface area contributed by atoms with Crippen LogP contribution in [0.1, 0.15) is 16.1 Å². The van der Waals surface area contributed by atoms with E-state index in [0.717, 1.165) is 28.8 Å². The van der Waals surface area contributed by atoms with Crippen LogP contribution in [0.5, 0.6) is 0 Å². The molecule has 0 amide bonds. The van der Waals surface area contributed by atoms with Gasteiger partial charge in [-0.15, -0.1) is 0 Å². The molecule has 0 atom stereocenters. The Kier molecular flexibility index (Phi) is 2.55. The Bertz CT molecular complexity index is 581. The van der Waals surface area contributed by atoms with Gasteiger partial charge in [-0.1, -0.05) is 6.07 Å². The van der Waals surface area contributed by atoms with Crippen molar-refractivity contribution in [3.63, 3.8) is 0 Å². The van der Waals surface area contributed by atoms with Crippen molar-refractivity contribution in [2.75, 3.05) is 0 Å². The Morgan fingerprint density at radius 1 is 1.31 bits per heavy atom. The third-order valence-corrected chi connectivity index (χ3v) is 2.21. The van der Waals surface area contributed by atoms with Crippen molar-refractivity contribution in [1.29, 1.82) is 0 Å². The van der Waals surface area contributed by atoms with Crippen LogP contribution < -0.4 is 0 Å². The zero-order valence-corrected chi connectivity index (χ0v) is 8.31. The normalized spacial score (nSPS) is 11.0.